The van der Waals surface area contributed by atoms with E-state index in [1.165, 1.54) is 5.41 Å². The number of aliphatic carboxylic acids is 1. The number of hydrogen-bond acceptors (Lipinski definition) is 2. The molecule has 0 fully saturated rings. The highest BCUT2D eigenvalue weighted by atomic mass is 32.2. The van der Waals surface area contributed by atoms with E-state index in [2.05, 4.69) is 0 Å². The molecule has 0 saturated carbocycles. The van der Waals surface area contributed by atoms with Crippen molar-refractivity contribution in [2.24, 2.45) is 0 Å². The van der Waals surface area contributed by atoms with Crippen LogP contribution in [0.5, 0.6) is 0 Å². The van der Waals surface area contributed by atoms with Gasteiger partial charge in [0.2, 0.25) is 0 Å². The van der Waals surface area contributed by atoms with Gasteiger partial charge < -0.3 is 5.11 Å². The Kier molecular flexibility index (Phi) is 3.64. The average Bonchev–Trinajstić information content (AvgIpc) is 2.10. The second kappa shape index (κ2) is 4.76. The van der Waals surface area contributed by atoms with E-state index in [-0.39, 0.29) is 4.90 Å². The number of carbonyl (C=O) groups is 1. The Morgan fingerprint density at radius 3 is 2.79 bits per heavy atom. The first-order chi connectivity index (χ1) is 6.59. The first kappa shape index (κ1) is 10.7. The van der Waals surface area contributed by atoms with Crippen LogP contribution in [0.3, 0.4) is 0 Å². The summed E-state index contributed by atoms with van der Waals surface area (Å²) in [6.45, 7) is 0. The number of thioether (sulfide) groups is 1. The second-order valence-corrected chi connectivity index (χ2v) is 3.28. The van der Waals surface area contributed by atoms with Crippen molar-refractivity contribution in [2.45, 2.75) is 4.90 Å². The Morgan fingerprint density at radius 2 is 2.14 bits per heavy atom. The first-order valence-electron chi connectivity index (χ1n) is 3.61. The Labute approximate surface area is 83.2 Å². The monoisotopic (exact) mass is 216 g/mol. The lowest BCUT2D eigenvalue weighted by Gasteiger charge is -1.97. The average molecular weight is 216 g/mol. The van der Waals surface area contributed by atoms with E-state index >= 15 is 0 Å². The summed E-state index contributed by atoms with van der Waals surface area (Å²) >= 11 is 0.813. The molecule has 0 aliphatic heterocycles. The van der Waals surface area contributed by atoms with Gasteiger partial charge in [-0.05, 0) is 23.6 Å². The van der Waals surface area contributed by atoms with Crippen molar-refractivity contribution in [3.63, 3.8) is 0 Å². The fourth-order valence-corrected chi connectivity index (χ4v) is 1.43. The normalized spacial score (nSPS) is 10.7. The van der Waals surface area contributed by atoms with Gasteiger partial charge in [-0.1, -0.05) is 11.8 Å². The molecule has 1 aromatic carbocycles. The van der Waals surface area contributed by atoms with Crippen LogP contribution in [0.4, 0.5) is 8.78 Å². The Morgan fingerprint density at radius 1 is 1.43 bits per heavy atom. The van der Waals surface area contributed by atoms with Crippen LogP contribution in [0.25, 0.3) is 0 Å². The van der Waals surface area contributed by atoms with Crippen LogP contribution in [-0.4, -0.2) is 11.1 Å². The largest absolute Gasteiger partial charge is 0.478 e. The van der Waals surface area contributed by atoms with Crippen molar-refractivity contribution in [1.29, 1.82) is 0 Å². The molecule has 1 N–H and O–H groups in total. The number of rotatable bonds is 3. The summed E-state index contributed by atoms with van der Waals surface area (Å²) in [5, 5.41) is 9.43. The van der Waals surface area contributed by atoms with Crippen molar-refractivity contribution in [3.05, 3.63) is 41.3 Å². The molecule has 1 aromatic rings. The van der Waals surface area contributed by atoms with Gasteiger partial charge in [0, 0.05) is 6.08 Å². The molecule has 0 aromatic heterocycles. The summed E-state index contributed by atoms with van der Waals surface area (Å²) in [4.78, 5) is 10.1. The lowest BCUT2D eigenvalue weighted by Crippen LogP contribution is -1.85. The summed E-state index contributed by atoms with van der Waals surface area (Å²) < 4.78 is 25.5. The van der Waals surface area contributed by atoms with Crippen molar-refractivity contribution < 1.29 is 18.7 Å². The van der Waals surface area contributed by atoms with Crippen LogP contribution in [0, 0.1) is 11.6 Å². The van der Waals surface area contributed by atoms with Gasteiger partial charge in [-0.15, -0.1) is 0 Å². The maximum Gasteiger partial charge on any atom is 0.328 e. The van der Waals surface area contributed by atoms with Crippen molar-refractivity contribution in [2.75, 3.05) is 0 Å². The van der Waals surface area contributed by atoms with Crippen LogP contribution in [0.2, 0.25) is 0 Å². The zero-order valence-electron chi connectivity index (χ0n) is 6.91. The Balaban J connectivity index is 2.76. The summed E-state index contributed by atoms with van der Waals surface area (Å²) in [5.41, 5.74) is 0. The van der Waals surface area contributed by atoms with Gasteiger partial charge in [-0.3, -0.25) is 0 Å². The molecule has 0 heterocycles. The fourth-order valence-electron chi connectivity index (χ4n) is 0.733. The number of carboxylic acids is 1. The van der Waals surface area contributed by atoms with E-state index in [9.17, 15) is 13.6 Å². The minimum absolute atomic E-state index is 0.0579. The quantitative estimate of drug-likeness (QED) is 0.623. The molecule has 0 aliphatic rings. The molecule has 0 unspecified atom stereocenters. The topological polar surface area (TPSA) is 37.3 Å². The van der Waals surface area contributed by atoms with E-state index in [4.69, 9.17) is 5.11 Å². The highest BCUT2D eigenvalue weighted by molar-refractivity contribution is 8.02. The molecule has 14 heavy (non-hydrogen) atoms. The minimum atomic E-state index is -1.13. The molecule has 0 amide bonds. The zero-order chi connectivity index (χ0) is 10.6. The van der Waals surface area contributed by atoms with Gasteiger partial charge >= 0.3 is 5.97 Å². The summed E-state index contributed by atoms with van der Waals surface area (Å²) in [7, 11) is 0. The van der Waals surface area contributed by atoms with Crippen LogP contribution in [-0.2, 0) is 4.79 Å². The van der Waals surface area contributed by atoms with Gasteiger partial charge in [0.1, 0.15) is 11.6 Å². The van der Waals surface area contributed by atoms with Crippen LogP contribution >= 0.6 is 11.8 Å². The second-order valence-electron chi connectivity index (χ2n) is 2.33. The maximum atomic E-state index is 12.9. The van der Waals surface area contributed by atoms with Gasteiger partial charge in [-0.2, -0.15) is 0 Å². The highest BCUT2D eigenvalue weighted by Crippen LogP contribution is 2.23. The molecular weight excluding hydrogens is 210 g/mol. The van der Waals surface area contributed by atoms with E-state index in [0.717, 1.165) is 36.0 Å². The minimum Gasteiger partial charge on any atom is -0.478 e. The van der Waals surface area contributed by atoms with E-state index < -0.39 is 17.6 Å². The summed E-state index contributed by atoms with van der Waals surface area (Å²) in [6, 6.07) is 3.00. The van der Waals surface area contributed by atoms with Crippen LogP contribution in [0.1, 0.15) is 0 Å². The molecule has 0 saturated heterocycles. The molecule has 0 bridgehead atoms. The smallest absolute Gasteiger partial charge is 0.328 e. The SMILES string of the molecule is O=C(O)/C=C/Sc1cc(F)ccc1F. The third-order valence-corrected chi connectivity index (χ3v) is 2.14. The standard InChI is InChI=1S/C9H6F2O2S/c10-6-1-2-7(11)8(5-6)14-4-3-9(12)13/h1-5H,(H,12,13)/b4-3+. The molecule has 0 aliphatic carbocycles. The number of benzene rings is 1. The third kappa shape index (κ3) is 3.18. The predicted molar refractivity (Wildman–Crippen MR) is 49.0 cm³/mol. The lowest BCUT2D eigenvalue weighted by molar-refractivity contribution is -0.131. The lowest BCUT2D eigenvalue weighted by atomic mass is 10.3. The third-order valence-electron chi connectivity index (χ3n) is 1.30. The summed E-state index contributed by atoms with van der Waals surface area (Å²) in [5.74, 6) is -2.27. The zero-order valence-corrected chi connectivity index (χ0v) is 7.72. The molecule has 0 radical (unpaired) electrons. The Bertz CT molecular complexity index is 377. The first-order valence-corrected chi connectivity index (χ1v) is 4.49. The van der Waals surface area contributed by atoms with Gasteiger partial charge in [0.25, 0.3) is 0 Å². The molecule has 74 valence electrons. The van der Waals surface area contributed by atoms with E-state index in [1.54, 1.807) is 0 Å². The highest BCUT2D eigenvalue weighted by Gasteiger charge is 2.02. The maximum absolute atomic E-state index is 12.9. The predicted octanol–water partition coefficient (Wildman–Crippen LogP) is 2.66. The summed E-state index contributed by atoms with van der Waals surface area (Å²) in [6.07, 6.45) is 0.856. The molecule has 5 heteroatoms. The molecule has 1 rings (SSSR count). The van der Waals surface area contributed by atoms with Gasteiger partial charge in [-0.25, -0.2) is 13.6 Å². The van der Waals surface area contributed by atoms with Crippen LogP contribution < -0.4 is 0 Å². The molecular formula is C9H6F2O2S. The number of hydrogen-bond donors (Lipinski definition) is 1. The van der Waals surface area contributed by atoms with Crippen molar-refractivity contribution in [1.82, 2.24) is 0 Å². The van der Waals surface area contributed by atoms with E-state index in [1.807, 2.05) is 0 Å². The molecule has 2 nitrogen and oxygen atoms in total. The van der Waals surface area contributed by atoms with Crippen molar-refractivity contribution in [3.8, 4) is 0 Å². The molecule has 0 spiro atoms. The Hall–Kier alpha value is -1.36. The van der Waals surface area contributed by atoms with Gasteiger partial charge in [0.15, 0.2) is 0 Å². The fraction of sp³-hybridized carbons (Fsp3) is 0. The number of carboxylic acid groups (broad SMARTS) is 1. The van der Waals surface area contributed by atoms with Gasteiger partial charge in [0.05, 0.1) is 4.90 Å². The van der Waals surface area contributed by atoms with Crippen LogP contribution in [0.15, 0.2) is 34.6 Å². The van der Waals surface area contributed by atoms with Crippen molar-refractivity contribution >= 4 is 17.7 Å². The van der Waals surface area contributed by atoms with E-state index in [0.29, 0.717) is 0 Å². The number of halogens is 2. The molecule has 0 atom stereocenters.